The summed E-state index contributed by atoms with van der Waals surface area (Å²) in [6.07, 6.45) is 2.48. The predicted octanol–water partition coefficient (Wildman–Crippen LogP) is 4.01. The fourth-order valence-electron chi connectivity index (χ4n) is 3.23. The lowest BCUT2D eigenvalue weighted by atomic mass is 9.99. The van der Waals surface area contributed by atoms with E-state index in [0.717, 1.165) is 17.7 Å². The molecule has 1 aromatic carbocycles. The Kier molecular flexibility index (Phi) is 7.20. The Morgan fingerprint density at radius 1 is 1.09 bits per heavy atom. The molecule has 0 bridgehead atoms. The summed E-state index contributed by atoms with van der Waals surface area (Å²) in [5, 5.41) is 7.01. The van der Waals surface area contributed by atoms with Crippen molar-refractivity contribution >= 4 is 11.9 Å². The molecule has 3 rings (SSSR count). The first-order valence-corrected chi connectivity index (χ1v) is 10.4. The second-order valence-corrected chi connectivity index (χ2v) is 8.67. The molecule has 0 radical (unpaired) electrons. The molecule has 0 aliphatic heterocycles. The summed E-state index contributed by atoms with van der Waals surface area (Å²) in [7, 11) is 1.72. The average Bonchev–Trinajstić information content (AvgIpc) is 3.10. The van der Waals surface area contributed by atoms with E-state index in [9.17, 15) is 18.4 Å². The van der Waals surface area contributed by atoms with Crippen LogP contribution >= 0.6 is 0 Å². The Labute approximate surface area is 190 Å². The smallest absolute Gasteiger partial charge is 0.408 e. The average molecular weight is 456 g/mol. The van der Waals surface area contributed by atoms with Crippen molar-refractivity contribution < 1.29 is 23.1 Å². The van der Waals surface area contributed by atoms with E-state index < -0.39 is 29.4 Å². The molecule has 0 unspecified atom stereocenters. The first-order chi connectivity index (χ1) is 15.5. The lowest BCUT2D eigenvalue weighted by Crippen LogP contribution is -2.45. The van der Waals surface area contributed by atoms with Crippen LogP contribution < -0.4 is 5.32 Å². The number of Topliss-reactive ketones (excluding diaryl/α,β-unsaturated/α-hetero) is 1. The molecule has 0 aliphatic carbocycles. The quantitative estimate of drug-likeness (QED) is 0.581. The van der Waals surface area contributed by atoms with E-state index in [1.54, 1.807) is 51.0 Å². The van der Waals surface area contributed by atoms with Crippen molar-refractivity contribution in [2.45, 2.75) is 45.3 Å². The van der Waals surface area contributed by atoms with E-state index in [1.807, 2.05) is 12.1 Å². The first-order valence-electron chi connectivity index (χ1n) is 10.4. The maximum atomic E-state index is 13.7. The molecule has 0 saturated carbocycles. The predicted molar refractivity (Wildman–Crippen MR) is 118 cm³/mol. The van der Waals surface area contributed by atoms with Crippen molar-refractivity contribution in [2.75, 3.05) is 0 Å². The van der Waals surface area contributed by atoms with Crippen LogP contribution in [0, 0.1) is 11.6 Å². The van der Waals surface area contributed by atoms with Crippen LogP contribution in [0.2, 0.25) is 0 Å². The summed E-state index contributed by atoms with van der Waals surface area (Å²) >= 11 is 0. The molecule has 1 amide bonds. The number of pyridine rings is 1. The third-order valence-corrected chi connectivity index (χ3v) is 4.81. The molecule has 2 aromatic heterocycles. The highest BCUT2D eigenvalue weighted by atomic mass is 19.2. The van der Waals surface area contributed by atoms with Crippen LogP contribution in [0.4, 0.5) is 13.6 Å². The van der Waals surface area contributed by atoms with Crippen LogP contribution in [0.1, 0.15) is 32.0 Å². The normalized spacial score (nSPS) is 12.3. The first kappa shape index (κ1) is 24.0. The van der Waals surface area contributed by atoms with Crippen molar-refractivity contribution in [2.24, 2.45) is 7.05 Å². The second-order valence-electron chi connectivity index (χ2n) is 8.67. The monoisotopic (exact) mass is 456 g/mol. The van der Waals surface area contributed by atoms with Gasteiger partial charge in [0.15, 0.2) is 17.4 Å². The van der Waals surface area contributed by atoms with Gasteiger partial charge in [0.1, 0.15) is 5.60 Å². The van der Waals surface area contributed by atoms with E-state index in [-0.39, 0.29) is 18.6 Å². The standard InChI is InChI=1S/C24H26F2N4O3/c1-24(2,3)33-23(32)28-21(12-15-5-6-18(25)19(26)11-15)22(31)14-17-13-20(29-30(17)4)16-7-9-27-10-8-16/h5-11,13,21H,12,14H2,1-4H3,(H,28,32)/t21-/m0/s1. The molecule has 0 fully saturated rings. The Hall–Kier alpha value is -3.62. The number of aryl methyl sites for hydroxylation is 1. The number of nitrogens with zero attached hydrogens (tertiary/aromatic N) is 3. The molecule has 0 aliphatic rings. The number of ether oxygens (including phenoxy) is 1. The molecule has 9 heteroatoms. The number of benzene rings is 1. The number of hydrogen-bond acceptors (Lipinski definition) is 5. The summed E-state index contributed by atoms with van der Waals surface area (Å²) in [6.45, 7) is 5.11. The minimum absolute atomic E-state index is 0.0235. The molecule has 0 spiro atoms. The number of ketones is 1. The van der Waals surface area contributed by atoms with Gasteiger partial charge in [-0.2, -0.15) is 5.10 Å². The largest absolute Gasteiger partial charge is 0.444 e. The van der Waals surface area contributed by atoms with Crippen LogP contribution in [0.5, 0.6) is 0 Å². The highest BCUT2D eigenvalue weighted by Gasteiger charge is 2.26. The molecule has 1 atom stereocenters. The number of nitrogens with one attached hydrogen (secondary N) is 1. The fourth-order valence-corrected chi connectivity index (χ4v) is 3.23. The van der Waals surface area contributed by atoms with Gasteiger partial charge in [0.05, 0.1) is 18.2 Å². The van der Waals surface area contributed by atoms with Gasteiger partial charge in [0.25, 0.3) is 0 Å². The van der Waals surface area contributed by atoms with Crippen LogP contribution in [0.25, 0.3) is 11.3 Å². The topological polar surface area (TPSA) is 86.1 Å². The van der Waals surface area contributed by atoms with Gasteiger partial charge in [-0.15, -0.1) is 0 Å². The number of carbonyl (C=O) groups excluding carboxylic acids is 2. The minimum Gasteiger partial charge on any atom is -0.444 e. The molecule has 3 aromatic rings. The van der Waals surface area contributed by atoms with Crippen molar-refractivity contribution in [1.29, 1.82) is 0 Å². The van der Waals surface area contributed by atoms with Crippen LogP contribution in [-0.2, 0) is 29.4 Å². The molecular formula is C24H26F2N4O3. The van der Waals surface area contributed by atoms with Gasteiger partial charge in [-0.1, -0.05) is 6.07 Å². The summed E-state index contributed by atoms with van der Waals surface area (Å²) in [5.41, 5.74) is 1.77. The van der Waals surface area contributed by atoms with Gasteiger partial charge in [-0.3, -0.25) is 14.5 Å². The van der Waals surface area contributed by atoms with Gasteiger partial charge in [0.2, 0.25) is 0 Å². The summed E-state index contributed by atoms with van der Waals surface area (Å²) in [5.74, 6) is -2.33. The minimum atomic E-state index is -1.02. The van der Waals surface area contributed by atoms with Crippen molar-refractivity contribution in [3.8, 4) is 11.3 Å². The molecule has 7 nitrogen and oxygen atoms in total. The Morgan fingerprint density at radius 2 is 1.79 bits per heavy atom. The van der Waals surface area contributed by atoms with Gasteiger partial charge < -0.3 is 10.1 Å². The maximum Gasteiger partial charge on any atom is 0.408 e. The van der Waals surface area contributed by atoms with E-state index in [0.29, 0.717) is 17.0 Å². The Morgan fingerprint density at radius 3 is 2.42 bits per heavy atom. The third-order valence-electron chi connectivity index (χ3n) is 4.81. The zero-order chi connectivity index (χ0) is 24.2. The molecule has 174 valence electrons. The second kappa shape index (κ2) is 9.89. The highest BCUT2D eigenvalue weighted by molar-refractivity contribution is 5.89. The van der Waals surface area contributed by atoms with Crippen LogP contribution in [0.15, 0.2) is 48.8 Å². The number of halogens is 2. The van der Waals surface area contributed by atoms with E-state index in [1.165, 1.54) is 6.07 Å². The van der Waals surface area contributed by atoms with E-state index >= 15 is 0 Å². The Bertz CT molecular complexity index is 1140. The number of alkyl carbamates (subject to hydrolysis) is 1. The number of hydrogen-bond donors (Lipinski definition) is 1. The molecule has 2 heterocycles. The molecule has 1 N–H and O–H groups in total. The van der Waals surface area contributed by atoms with Crippen molar-refractivity contribution in [3.05, 3.63) is 71.7 Å². The summed E-state index contributed by atoms with van der Waals surface area (Å²) in [4.78, 5) is 29.5. The fraction of sp³-hybridized carbons (Fsp3) is 0.333. The summed E-state index contributed by atoms with van der Waals surface area (Å²) in [6, 6.07) is 7.77. The van der Waals surface area contributed by atoms with Gasteiger partial charge in [-0.25, -0.2) is 13.6 Å². The molecule has 33 heavy (non-hydrogen) atoms. The number of rotatable bonds is 7. The highest BCUT2D eigenvalue weighted by Crippen LogP contribution is 2.19. The van der Waals surface area contributed by atoms with E-state index in [2.05, 4.69) is 15.4 Å². The molecular weight excluding hydrogens is 430 g/mol. The lowest BCUT2D eigenvalue weighted by molar-refractivity contribution is -0.120. The number of amides is 1. The Balaban J connectivity index is 1.81. The third kappa shape index (κ3) is 6.68. The zero-order valence-electron chi connectivity index (χ0n) is 18.9. The van der Waals surface area contributed by atoms with E-state index in [4.69, 9.17) is 4.74 Å². The summed E-state index contributed by atoms with van der Waals surface area (Å²) < 4.78 is 33.9. The maximum absolute atomic E-state index is 13.7. The number of carbonyl (C=O) groups is 2. The lowest BCUT2D eigenvalue weighted by Gasteiger charge is -2.23. The SMILES string of the molecule is Cn1nc(-c2ccncc2)cc1CC(=O)[C@H](Cc1ccc(F)c(F)c1)NC(=O)OC(C)(C)C. The van der Waals surface area contributed by atoms with Crippen LogP contribution in [-0.4, -0.2) is 38.3 Å². The molecule has 0 saturated heterocycles. The number of aromatic nitrogens is 3. The van der Waals surface area contributed by atoms with Gasteiger partial charge in [0, 0.05) is 30.7 Å². The van der Waals surface area contributed by atoms with Gasteiger partial charge in [-0.05, 0) is 63.1 Å². The van der Waals surface area contributed by atoms with Crippen LogP contribution in [0.3, 0.4) is 0 Å². The van der Waals surface area contributed by atoms with Gasteiger partial charge >= 0.3 is 6.09 Å². The zero-order valence-corrected chi connectivity index (χ0v) is 18.9. The van der Waals surface area contributed by atoms with Crippen molar-refractivity contribution in [3.63, 3.8) is 0 Å². The van der Waals surface area contributed by atoms with Crippen molar-refractivity contribution in [1.82, 2.24) is 20.1 Å².